The maximum atomic E-state index is 11.3. The molecule has 1 fully saturated rings. The summed E-state index contributed by atoms with van der Waals surface area (Å²) in [5.74, 6) is 0.645. The number of nitrogens with zero attached hydrogens (tertiary/aromatic N) is 2. The first-order valence-corrected chi connectivity index (χ1v) is 7.23. The molecule has 104 valence electrons. The summed E-state index contributed by atoms with van der Waals surface area (Å²) in [5.41, 5.74) is 0.900. The Bertz CT molecular complexity index is 463. The van der Waals surface area contributed by atoms with Crippen LogP contribution >= 0.6 is 0 Å². The lowest BCUT2D eigenvalue weighted by molar-refractivity contribution is -0.139. The zero-order chi connectivity index (χ0) is 13.2. The molecule has 3 rings (SSSR count). The molecule has 0 saturated carbocycles. The molecule has 1 aromatic heterocycles. The summed E-state index contributed by atoms with van der Waals surface area (Å²) >= 11 is 0. The standard InChI is InChI=1S/C14H21N3O2/c18-14(19)11-4-2-6-17-12(11)9-16-13(17)7-10-3-1-5-15-8-10/h9-11,15H,1-8H2,(H,18,19). The van der Waals surface area contributed by atoms with Crippen molar-refractivity contribution in [3.63, 3.8) is 0 Å². The summed E-state index contributed by atoms with van der Waals surface area (Å²) in [5, 5.41) is 12.7. The van der Waals surface area contributed by atoms with Crippen molar-refractivity contribution in [2.45, 2.75) is 44.6 Å². The van der Waals surface area contributed by atoms with Gasteiger partial charge in [0.15, 0.2) is 0 Å². The van der Waals surface area contributed by atoms with Gasteiger partial charge in [-0.1, -0.05) is 0 Å². The van der Waals surface area contributed by atoms with Crippen molar-refractivity contribution in [2.24, 2.45) is 5.92 Å². The van der Waals surface area contributed by atoms with E-state index in [0.29, 0.717) is 5.92 Å². The van der Waals surface area contributed by atoms with E-state index < -0.39 is 5.97 Å². The number of carbonyl (C=O) groups is 1. The van der Waals surface area contributed by atoms with E-state index in [2.05, 4.69) is 14.9 Å². The van der Waals surface area contributed by atoms with E-state index in [1.54, 1.807) is 6.20 Å². The van der Waals surface area contributed by atoms with Crippen molar-refractivity contribution in [3.8, 4) is 0 Å². The molecule has 19 heavy (non-hydrogen) atoms. The Morgan fingerprint density at radius 2 is 2.37 bits per heavy atom. The number of aromatic nitrogens is 2. The van der Waals surface area contributed by atoms with Crippen LogP contribution in [0, 0.1) is 5.92 Å². The molecule has 2 aliphatic heterocycles. The molecule has 1 aromatic rings. The topological polar surface area (TPSA) is 67.1 Å². The fourth-order valence-electron chi connectivity index (χ4n) is 3.34. The van der Waals surface area contributed by atoms with Gasteiger partial charge in [0.1, 0.15) is 5.82 Å². The maximum Gasteiger partial charge on any atom is 0.312 e. The van der Waals surface area contributed by atoms with Gasteiger partial charge in [-0.15, -0.1) is 0 Å². The second-order valence-electron chi connectivity index (χ2n) is 5.70. The second-order valence-corrected chi connectivity index (χ2v) is 5.70. The lowest BCUT2D eigenvalue weighted by Gasteiger charge is -2.25. The van der Waals surface area contributed by atoms with Gasteiger partial charge in [0.05, 0.1) is 11.6 Å². The molecule has 0 aliphatic carbocycles. The van der Waals surface area contributed by atoms with Crippen LogP contribution < -0.4 is 5.32 Å². The van der Waals surface area contributed by atoms with Gasteiger partial charge in [0.2, 0.25) is 0 Å². The van der Waals surface area contributed by atoms with E-state index in [1.165, 1.54) is 12.8 Å². The van der Waals surface area contributed by atoms with E-state index in [0.717, 1.165) is 50.4 Å². The minimum Gasteiger partial charge on any atom is -0.481 e. The van der Waals surface area contributed by atoms with Crippen LogP contribution in [0.4, 0.5) is 0 Å². The highest BCUT2D eigenvalue weighted by Crippen LogP contribution is 2.29. The number of rotatable bonds is 3. The van der Waals surface area contributed by atoms with Crippen molar-refractivity contribution in [1.82, 2.24) is 14.9 Å². The summed E-state index contributed by atoms with van der Waals surface area (Å²) in [4.78, 5) is 15.8. The smallest absolute Gasteiger partial charge is 0.312 e. The summed E-state index contributed by atoms with van der Waals surface area (Å²) < 4.78 is 2.15. The summed E-state index contributed by atoms with van der Waals surface area (Å²) in [6, 6.07) is 0. The molecular formula is C14H21N3O2. The van der Waals surface area contributed by atoms with E-state index in [1.807, 2.05) is 0 Å². The second kappa shape index (κ2) is 5.33. The first kappa shape index (κ1) is 12.7. The van der Waals surface area contributed by atoms with E-state index in [-0.39, 0.29) is 5.92 Å². The molecule has 5 nitrogen and oxygen atoms in total. The molecule has 0 bridgehead atoms. The molecule has 0 spiro atoms. The normalized spacial score (nSPS) is 26.9. The maximum absolute atomic E-state index is 11.3. The number of aliphatic carboxylic acids is 1. The van der Waals surface area contributed by atoms with Crippen molar-refractivity contribution in [1.29, 1.82) is 0 Å². The third kappa shape index (κ3) is 2.52. The first-order valence-electron chi connectivity index (χ1n) is 7.23. The van der Waals surface area contributed by atoms with Crippen LogP contribution in [0.15, 0.2) is 6.20 Å². The third-order valence-electron chi connectivity index (χ3n) is 4.37. The Balaban J connectivity index is 1.78. The molecule has 5 heteroatoms. The van der Waals surface area contributed by atoms with Gasteiger partial charge in [-0.25, -0.2) is 4.98 Å². The Morgan fingerprint density at radius 1 is 1.47 bits per heavy atom. The van der Waals surface area contributed by atoms with Crippen LogP contribution in [0.3, 0.4) is 0 Å². The number of hydrogen-bond acceptors (Lipinski definition) is 3. The van der Waals surface area contributed by atoms with Crippen LogP contribution in [0.1, 0.15) is 43.1 Å². The van der Waals surface area contributed by atoms with Gasteiger partial charge in [-0.3, -0.25) is 4.79 Å². The average Bonchev–Trinajstić information content (AvgIpc) is 2.83. The molecule has 2 N–H and O–H groups in total. The van der Waals surface area contributed by atoms with Crippen LogP contribution in [-0.2, 0) is 17.8 Å². The van der Waals surface area contributed by atoms with Gasteiger partial charge >= 0.3 is 5.97 Å². The highest BCUT2D eigenvalue weighted by molar-refractivity contribution is 5.75. The lowest BCUT2D eigenvalue weighted by Crippen LogP contribution is -2.32. The fraction of sp³-hybridized carbons (Fsp3) is 0.714. The van der Waals surface area contributed by atoms with Crippen LogP contribution in [0.5, 0.6) is 0 Å². The molecular weight excluding hydrogens is 242 g/mol. The van der Waals surface area contributed by atoms with E-state index in [4.69, 9.17) is 0 Å². The highest BCUT2D eigenvalue weighted by atomic mass is 16.4. The molecule has 2 atom stereocenters. The minimum atomic E-state index is -0.716. The minimum absolute atomic E-state index is 0.362. The number of nitrogens with one attached hydrogen (secondary N) is 1. The van der Waals surface area contributed by atoms with Gasteiger partial charge < -0.3 is 15.0 Å². The number of hydrogen-bond donors (Lipinski definition) is 2. The Morgan fingerprint density at radius 3 is 3.11 bits per heavy atom. The Labute approximate surface area is 113 Å². The molecule has 0 aromatic carbocycles. The first-order chi connectivity index (χ1) is 9.25. The van der Waals surface area contributed by atoms with Crippen molar-refractivity contribution < 1.29 is 9.90 Å². The van der Waals surface area contributed by atoms with E-state index in [9.17, 15) is 9.90 Å². The molecule has 0 amide bonds. The predicted molar refractivity (Wildman–Crippen MR) is 71.1 cm³/mol. The van der Waals surface area contributed by atoms with Crippen LogP contribution in [0.25, 0.3) is 0 Å². The highest BCUT2D eigenvalue weighted by Gasteiger charge is 2.29. The SMILES string of the molecule is O=C(O)C1CCCn2c1cnc2CC1CCCNC1. The quantitative estimate of drug-likeness (QED) is 0.864. The van der Waals surface area contributed by atoms with Gasteiger partial charge in [-0.05, 0) is 44.7 Å². The fourth-order valence-corrected chi connectivity index (χ4v) is 3.34. The zero-order valence-corrected chi connectivity index (χ0v) is 11.1. The largest absolute Gasteiger partial charge is 0.481 e. The number of imidazole rings is 1. The number of carboxylic acids is 1. The van der Waals surface area contributed by atoms with E-state index >= 15 is 0 Å². The Hall–Kier alpha value is -1.36. The molecule has 3 heterocycles. The van der Waals surface area contributed by atoms with Crippen molar-refractivity contribution in [3.05, 3.63) is 17.7 Å². The van der Waals surface area contributed by atoms with Crippen LogP contribution in [-0.4, -0.2) is 33.7 Å². The average molecular weight is 263 g/mol. The number of piperidine rings is 1. The Kier molecular flexibility index (Phi) is 3.55. The van der Waals surface area contributed by atoms with Crippen molar-refractivity contribution >= 4 is 5.97 Å². The zero-order valence-electron chi connectivity index (χ0n) is 11.1. The summed E-state index contributed by atoms with van der Waals surface area (Å²) in [7, 11) is 0. The number of fused-ring (bicyclic) bond motifs is 1. The van der Waals surface area contributed by atoms with Gasteiger partial charge in [0.25, 0.3) is 0 Å². The molecule has 2 unspecified atom stereocenters. The molecule has 0 radical (unpaired) electrons. The summed E-state index contributed by atoms with van der Waals surface area (Å²) in [6.45, 7) is 3.11. The molecule has 2 aliphatic rings. The predicted octanol–water partition coefficient (Wildman–Crippen LogP) is 1.39. The van der Waals surface area contributed by atoms with Crippen LogP contribution in [0.2, 0.25) is 0 Å². The lowest BCUT2D eigenvalue weighted by atomic mass is 9.94. The monoisotopic (exact) mass is 263 g/mol. The number of carboxylic acid groups (broad SMARTS) is 1. The van der Waals surface area contributed by atoms with Gasteiger partial charge in [0, 0.05) is 19.2 Å². The third-order valence-corrected chi connectivity index (χ3v) is 4.37. The van der Waals surface area contributed by atoms with Gasteiger partial charge in [-0.2, -0.15) is 0 Å². The summed E-state index contributed by atoms with van der Waals surface area (Å²) in [6.07, 6.45) is 6.91. The molecule has 1 saturated heterocycles. The van der Waals surface area contributed by atoms with Crippen molar-refractivity contribution in [2.75, 3.05) is 13.1 Å².